The van der Waals surface area contributed by atoms with Crippen LogP contribution in [0.15, 0.2) is 30.3 Å². The van der Waals surface area contributed by atoms with E-state index in [0.29, 0.717) is 45.9 Å². The van der Waals surface area contributed by atoms with Gasteiger partial charge in [0.1, 0.15) is 0 Å². The second-order valence-electron chi connectivity index (χ2n) is 4.99. The molecular formula is C19H16Cl2INO2. The van der Waals surface area contributed by atoms with Gasteiger partial charge in [0.25, 0.3) is 0 Å². The van der Waals surface area contributed by atoms with Gasteiger partial charge in [-0.15, -0.1) is 0 Å². The lowest BCUT2D eigenvalue weighted by Gasteiger charge is -2.14. The Balaban J connectivity index is 2.52. The maximum absolute atomic E-state index is 9.55. The Morgan fingerprint density at radius 3 is 2.48 bits per heavy atom. The molecule has 0 saturated carbocycles. The van der Waals surface area contributed by atoms with Crippen molar-refractivity contribution in [2.45, 2.75) is 13.8 Å². The molecule has 0 fully saturated rings. The minimum absolute atomic E-state index is 0.436. The predicted octanol–water partition coefficient (Wildman–Crippen LogP) is 6.46. The van der Waals surface area contributed by atoms with Gasteiger partial charge in [-0.1, -0.05) is 29.3 Å². The molecule has 0 N–H and O–H groups in total. The van der Waals surface area contributed by atoms with Crippen LogP contribution in [-0.2, 0) is 0 Å². The number of nitriles is 1. The van der Waals surface area contributed by atoms with E-state index in [2.05, 4.69) is 28.7 Å². The second kappa shape index (κ2) is 9.33. The zero-order valence-corrected chi connectivity index (χ0v) is 17.4. The number of hydrogen-bond donors (Lipinski definition) is 0. The summed E-state index contributed by atoms with van der Waals surface area (Å²) in [5.74, 6) is 1.37. The third-order valence-corrected chi connectivity index (χ3v) is 4.62. The monoisotopic (exact) mass is 487 g/mol. The highest BCUT2D eigenvalue weighted by Crippen LogP contribution is 2.36. The highest BCUT2D eigenvalue weighted by molar-refractivity contribution is 14.1. The van der Waals surface area contributed by atoms with Crippen LogP contribution in [0.25, 0.3) is 11.6 Å². The van der Waals surface area contributed by atoms with Crippen LogP contribution in [0.1, 0.15) is 25.0 Å². The lowest BCUT2D eigenvalue weighted by Crippen LogP contribution is -2.00. The van der Waals surface area contributed by atoms with E-state index in [9.17, 15) is 5.26 Å². The molecule has 2 rings (SSSR count). The van der Waals surface area contributed by atoms with Crippen molar-refractivity contribution in [1.82, 2.24) is 0 Å². The number of benzene rings is 2. The van der Waals surface area contributed by atoms with Crippen molar-refractivity contribution in [2.75, 3.05) is 13.2 Å². The minimum atomic E-state index is 0.436. The van der Waals surface area contributed by atoms with Crippen LogP contribution in [-0.4, -0.2) is 13.2 Å². The SMILES string of the molecule is CCOc1cc(/C=C(\C#N)c2ccc(Cl)cc2Cl)cc(I)c1OCC. The van der Waals surface area contributed by atoms with Crippen molar-refractivity contribution < 1.29 is 9.47 Å². The van der Waals surface area contributed by atoms with Crippen molar-refractivity contribution in [3.63, 3.8) is 0 Å². The molecule has 0 aliphatic rings. The van der Waals surface area contributed by atoms with E-state index in [4.69, 9.17) is 32.7 Å². The zero-order chi connectivity index (χ0) is 18.4. The first kappa shape index (κ1) is 19.9. The summed E-state index contributed by atoms with van der Waals surface area (Å²) in [6.07, 6.45) is 1.77. The molecule has 0 amide bonds. The predicted molar refractivity (Wildman–Crippen MR) is 111 cm³/mol. The number of halogens is 3. The summed E-state index contributed by atoms with van der Waals surface area (Å²) in [6.45, 7) is 4.92. The zero-order valence-electron chi connectivity index (χ0n) is 13.8. The van der Waals surface area contributed by atoms with Gasteiger partial charge in [0.2, 0.25) is 0 Å². The Kier molecular flexibility index (Phi) is 7.42. The van der Waals surface area contributed by atoms with E-state index in [-0.39, 0.29) is 0 Å². The molecule has 0 heterocycles. The van der Waals surface area contributed by atoms with Crippen molar-refractivity contribution in [2.24, 2.45) is 0 Å². The lowest BCUT2D eigenvalue weighted by molar-refractivity contribution is 0.286. The van der Waals surface area contributed by atoms with Crippen molar-refractivity contribution in [3.05, 3.63) is 55.1 Å². The summed E-state index contributed by atoms with van der Waals surface area (Å²) in [6, 6.07) is 11.1. The van der Waals surface area contributed by atoms with Gasteiger partial charge in [0, 0.05) is 10.6 Å². The molecule has 0 atom stereocenters. The van der Waals surface area contributed by atoms with Gasteiger partial charge in [-0.05, 0) is 72.3 Å². The van der Waals surface area contributed by atoms with Crippen molar-refractivity contribution in [3.8, 4) is 17.6 Å². The van der Waals surface area contributed by atoms with E-state index >= 15 is 0 Å². The van der Waals surface area contributed by atoms with Crippen molar-refractivity contribution >= 4 is 57.4 Å². The summed E-state index contributed by atoms with van der Waals surface area (Å²) in [4.78, 5) is 0. The molecule has 0 aromatic heterocycles. The Hall–Kier alpha value is -1.42. The molecule has 0 radical (unpaired) electrons. The number of rotatable bonds is 6. The fourth-order valence-electron chi connectivity index (χ4n) is 2.26. The molecule has 3 nitrogen and oxygen atoms in total. The maximum Gasteiger partial charge on any atom is 0.174 e. The van der Waals surface area contributed by atoms with E-state index < -0.39 is 0 Å². The molecule has 2 aromatic rings. The fraction of sp³-hybridized carbons (Fsp3) is 0.211. The largest absolute Gasteiger partial charge is 0.490 e. The van der Waals surface area contributed by atoms with Gasteiger partial charge in [-0.2, -0.15) is 5.26 Å². The van der Waals surface area contributed by atoms with Crippen LogP contribution >= 0.6 is 45.8 Å². The van der Waals surface area contributed by atoms with Gasteiger partial charge in [-0.3, -0.25) is 0 Å². The van der Waals surface area contributed by atoms with E-state index in [0.717, 1.165) is 9.13 Å². The van der Waals surface area contributed by atoms with Gasteiger partial charge < -0.3 is 9.47 Å². The number of hydrogen-bond acceptors (Lipinski definition) is 3. The summed E-state index contributed by atoms with van der Waals surface area (Å²) in [5.41, 5.74) is 1.92. The van der Waals surface area contributed by atoms with E-state index in [1.165, 1.54) is 0 Å². The Labute approximate surface area is 171 Å². The summed E-state index contributed by atoms with van der Waals surface area (Å²) >= 11 is 14.4. The van der Waals surface area contributed by atoms with Crippen LogP contribution < -0.4 is 9.47 Å². The van der Waals surface area contributed by atoms with Crippen LogP contribution in [0.2, 0.25) is 10.0 Å². The molecule has 2 aromatic carbocycles. The van der Waals surface area contributed by atoms with E-state index in [1.807, 2.05) is 26.0 Å². The Morgan fingerprint density at radius 2 is 1.88 bits per heavy atom. The number of allylic oxidation sites excluding steroid dienone is 1. The molecule has 0 bridgehead atoms. The second-order valence-corrected chi connectivity index (χ2v) is 7.00. The summed E-state index contributed by atoms with van der Waals surface area (Å²) < 4.78 is 12.3. The molecule has 25 heavy (non-hydrogen) atoms. The highest BCUT2D eigenvalue weighted by Gasteiger charge is 2.13. The Morgan fingerprint density at radius 1 is 1.16 bits per heavy atom. The Bertz CT molecular complexity index is 844. The third-order valence-electron chi connectivity index (χ3n) is 3.27. The molecule has 130 valence electrons. The molecule has 0 unspecified atom stereocenters. The first-order valence-electron chi connectivity index (χ1n) is 7.66. The molecule has 0 aliphatic heterocycles. The average molecular weight is 488 g/mol. The number of ether oxygens (including phenoxy) is 2. The summed E-state index contributed by atoms with van der Waals surface area (Å²) in [7, 11) is 0. The lowest BCUT2D eigenvalue weighted by atomic mass is 10.0. The van der Waals surface area contributed by atoms with Gasteiger partial charge >= 0.3 is 0 Å². The molecule has 6 heteroatoms. The van der Waals surface area contributed by atoms with Crippen LogP contribution in [0.3, 0.4) is 0 Å². The minimum Gasteiger partial charge on any atom is -0.490 e. The molecule has 0 spiro atoms. The molecular weight excluding hydrogens is 472 g/mol. The summed E-state index contributed by atoms with van der Waals surface area (Å²) in [5, 5.41) is 10.5. The van der Waals surface area contributed by atoms with E-state index in [1.54, 1.807) is 24.3 Å². The van der Waals surface area contributed by atoms with Crippen LogP contribution in [0.5, 0.6) is 11.5 Å². The third kappa shape index (κ3) is 5.04. The van der Waals surface area contributed by atoms with Crippen LogP contribution in [0, 0.1) is 14.9 Å². The first-order valence-corrected chi connectivity index (χ1v) is 9.50. The quantitative estimate of drug-likeness (QED) is 0.267. The first-order chi connectivity index (χ1) is 12.0. The van der Waals surface area contributed by atoms with Gasteiger partial charge in [-0.25, -0.2) is 0 Å². The molecule has 0 saturated heterocycles. The standard InChI is InChI=1S/C19H16Cl2INO2/c1-3-24-18-9-12(8-17(22)19(18)25-4-2)7-13(11-23)15-6-5-14(20)10-16(15)21/h5-10H,3-4H2,1-2H3/b13-7+. The normalized spacial score (nSPS) is 11.1. The van der Waals surface area contributed by atoms with Gasteiger partial charge in [0.05, 0.1) is 33.4 Å². The number of nitrogens with zero attached hydrogens (tertiary/aromatic N) is 1. The fourth-order valence-corrected chi connectivity index (χ4v) is 3.55. The average Bonchev–Trinajstić information content (AvgIpc) is 2.56. The highest BCUT2D eigenvalue weighted by atomic mass is 127. The topological polar surface area (TPSA) is 42.2 Å². The molecule has 0 aliphatic carbocycles. The van der Waals surface area contributed by atoms with Gasteiger partial charge in [0.15, 0.2) is 11.5 Å². The van der Waals surface area contributed by atoms with Crippen LogP contribution in [0.4, 0.5) is 0 Å². The smallest absolute Gasteiger partial charge is 0.174 e. The maximum atomic E-state index is 9.55. The van der Waals surface area contributed by atoms with Crippen molar-refractivity contribution in [1.29, 1.82) is 5.26 Å².